The second-order valence-corrected chi connectivity index (χ2v) is 7.20. The minimum atomic E-state index is -4.65. The van der Waals surface area contributed by atoms with Crippen LogP contribution in [0, 0.1) is 0 Å². The highest BCUT2D eigenvalue weighted by molar-refractivity contribution is 7.86. The van der Waals surface area contributed by atoms with Crippen molar-refractivity contribution in [2.24, 2.45) is 0 Å². The first kappa shape index (κ1) is 17.9. The van der Waals surface area contributed by atoms with Gasteiger partial charge in [0.05, 0.1) is 4.90 Å². The Morgan fingerprint density at radius 2 is 1.83 bits per heavy atom. The van der Waals surface area contributed by atoms with E-state index in [9.17, 15) is 17.4 Å². The van der Waals surface area contributed by atoms with Gasteiger partial charge in [0.2, 0.25) is 0 Å². The molecule has 0 fully saturated rings. The van der Waals surface area contributed by atoms with Crippen LogP contribution in [0.2, 0.25) is 0 Å². The van der Waals surface area contributed by atoms with Gasteiger partial charge in [-0.05, 0) is 22.8 Å². The molecule has 0 saturated carbocycles. The van der Waals surface area contributed by atoms with E-state index in [4.69, 9.17) is 0 Å². The van der Waals surface area contributed by atoms with Crippen molar-refractivity contribution in [2.75, 3.05) is 0 Å². The first-order valence-electron chi connectivity index (χ1n) is 8.04. The lowest BCUT2D eigenvalue weighted by molar-refractivity contribution is 0.301. The predicted octanol–water partition coefficient (Wildman–Crippen LogP) is 4.59. The number of alkyl halides is 1. The van der Waals surface area contributed by atoms with Crippen LogP contribution in [0.5, 0.6) is 0 Å². The van der Waals surface area contributed by atoms with E-state index in [1.54, 1.807) is 36.4 Å². The summed E-state index contributed by atoms with van der Waals surface area (Å²) in [7, 11) is -4.65. The highest BCUT2D eigenvalue weighted by Crippen LogP contribution is 2.28. The van der Waals surface area contributed by atoms with Gasteiger partial charge in [0, 0.05) is 6.42 Å². The van der Waals surface area contributed by atoms with Crippen molar-refractivity contribution in [3.05, 3.63) is 42.0 Å². The number of rotatable bonds is 8. The van der Waals surface area contributed by atoms with Crippen LogP contribution in [0.4, 0.5) is 4.39 Å². The lowest BCUT2D eigenvalue weighted by atomic mass is 10.0. The maximum Gasteiger partial charge on any atom is 0.125 e. The van der Waals surface area contributed by atoms with Crippen LogP contribution in [-0.4, -0.2) is 19.1 Å². The molecule has 2 aromatic rings. The van der Waals surface area contributed by atoms with Gasteiger partial charge in [-0.2, -0.15) is 0 Å². The van der Waals surface area contributed by atoms with E-state index in [1.165, 1.54) is 0 Å². The van der Waals surface area contributed by atoms with E-state index in [0.717, 1.165) is 25.7 Å². The SMILES string of the molecule is CCCCCCC(F)Cc1ccc2ccccc2c1S(=O)(=O)[O-]. The number of hydrogen-bond acceptors (Lipinski definition) is 3. The van der Waals surface area contributed by atoms with Gasteiger partial charge in [-0.1, -0.05) is 69.0 Å². The molecule has 0 bridgehead atoms. The quantitative estimate of drug-likeness (QED) is 0.523. The van der Waals surface area contributed by atoms with Crippen molar-refractivity contribution in [2.45, 2.75) is 56.5 Å². The molecular weight excluding hydrogens is 315 g/mol. The van der Waals surface area contributed by atoms with Gasteiger partial charge >= 0.3 is 0 Å². The summed E-state index contributed by atoms with van der Waals surface area (Å²) in [5.41, 5.74) is 0.279. The molecular formula is C18H22FO3S-. The van der Waals surface area contributed by atoms with E-state index in [1.807, 2.05) is 0 Å². The summed E-state index contributed by atoms with van der Waals surface area (Å²) in [6, 6.07) is 10.1. The Labute approximate surface area is 137 Å². The molecule has 0 N–H and O–H groups in total. The molecule has 0 aliphatic rings. The van der Waals surface area contributed by atoms with Crippen molar-refractivity contribution < 1.29 is 17.4 Å². The zero-order valence-electron chi connectivity index (χ0n) is 13.3. The average Bonchev–Trinajstić information content (AvgIpc) is 2.50. The molecule has 0 spiro atoms. The lowest BCUT2D eigenvalue weighted by Crippen LogP contribution is -2.10. The summed E-state index contributed by atoms with van der Waals surface area (Å²) >= 11 is 0. The van der Waals surface area contributed by atoms with E-state index in [2.05, 4.69) is 6.92 Å². The van der Waals surface area contributed by atoms with Gasteiger partial charge in [0.25, 0.3) is 0 Å². The monoisotopic (exact) mass is 337 g/mol. The normalized spacial score (nSPS) is 13.3. The van der Waals surface area contributed by atoms with Crippen LogP contribution in [0.3, 0.4) is 0 Å². The highest BCUT2D eigenvalue weighted by atomic mass is 32.2. The topological polar surface area (TPSA) is 57.2 Å². The average molecular weight is 337 g/mol. The van der Waals surface area contributed by atoms with Crippen LogP contribution in [0.15, 0.2) is 41.3 Å². The van der Waals surface area contributed by atoms with Crippen LogP contribution in [0.1, 0.15) is 44.6 Å². The summed E-state index contributed by atoms with van der Waals surface area (Å²) in [5, 5.41) is 1.04. The van der Waals surface area contributed by atoms with Gasteiger partial charge in [0.1, 0.15) is 16.3 Å². The summed E-state index contributed by atoms with van der Waals surface area (Å²) in [6.45, 7) is 2.09. The van der Waals surface area contributed by atoms with E-state index < -0.39 is 16.3 Å². The number of benzene rings is 2. The summed E-state index contributed by atoms with van der Waals surface area (Å²) in [5.74, 6) is 0. The first-order valence-corrected chi connectivity index (χ1v) is 9.45. The molecule has 126 valence electrons. The third kappa shape index (κ3) is 4.75. The van der Waals surface area contributed by atoms with Gasteiger partial charge in [-0.15, -0.1) is 0 Å². The summed E-state index contributed by atoms with van der Waals surface area (Å²) in [6.07, 6.45) is 3.14. The van der Waals surface area contributed by atoms with Crippen molar-refractivity contribution in [1.82, 2.24) is 0 Å². The predicted molar refractivity (Wildman–Crippen MR) is 89.3 cm³/mol. The molecule has 1 unspecified atom stereocenters. The summed E-state index contributed by atoms with van der Waals surface area (Å²) < 4.78 is 49.2. The Hall–Kier alpha value is -1.46. The van der Waals surface area contributed by atoms with Crippen molar-refractivity contribution in [3.8, 4) is 0 Å². The van der Waals surface area contributed by atoms with Crippen LogP contribution in [-0.2, 0) is 16.5 Å². The van der Waals surface area contributed by atoms with Gasteiger partial charge in [-0.3, -0.25) is 0 Å². The number of fused-ring (bicyclic) bond motifs is 1. The molecule has 0 heterocycles. The molecule has 5 heteroatoms. The fraction of sp³-hybridized carbons (Fsp3) is 0.444. The van der Waals surface area contributed by atoms with Gasteiger partial charge < -0.3 is 4.55 Å². The fourth-order valence-corrected chi connectivity index (χ4v) is 3.81. The maximum atomic E-state index is 14.2. The zero-order valence-corrected chi connectivity index (χ0v) is 14.1. The van der Waals surface area contributed by atoms with E-state index >= 15 is 0 Å². The zero-order chi connectivity index (χ0) is 16.9. The molecule has 0 aliphatic carbocycles. The second-order valence-electron chi connectivity index (χ2n) is 5.88. The Morgan fingerprint density at radius 3 is 2.52 bits per heavy atom. The van der Waals surface area contributed by atoms with Crippen molar-refractivity contribution >= 4 is 20.9 Å². The largest absolute Gasteiger partial charge is 0.744 e. The molecule has 3 nitrogen and oxygen atoms in total. The van der Waals surface area contributed by atoms with Gasteiger partial charge in [0.15, 0.2) is 0 Å². The molecule has 2 aromatic carbocycles. The minimum Gasteiger partial charge on any atom is -0.744 e. The minimum absolute atomic E-state index is 0.0340. The molecule has 0 aliphatic heterocycles. The fourth-order valence-electron chi connectivity index (χ4n) is 2.88. The van der Waals surface area contributed by atoms with Gasteiger partial charge in [-0.25, -0.2) is 12.8 Å². The van der Waals surface area contributed by atoms with E-state index in [-0.39, 0.29) is 16.9 Å². The Bertz CT molecular complexity index is 756. The molecule has 0 radical (unpaired) electrons. The maximum absolute atomic E-state index is 14.2. The number of hydrogen-bond donors (Lipinski definition) is 0. The lowest BCUT2D eigenvalue weighted by Gasteiger charge is -2.17. The van der Waals surface area contributed by atoms with Crippen LogP contribution in [0.25, 0.3) is 10.8 Å². The molecule has 0 saturated heterocycles. The molecule has 1 atom stereocenters. The molecule has 0 aromatic heterocycles. The van der Waals surface area contributed by atoms with Crippen molar-refractivity contribution in [1.29, 1.82) is 0 Å². The Morgan fingerprint density at radius 1 is 1.09 bits per heavy atom. The Kier molecular flexibility index (Phi) is 6.13. The molecule has 2 rings (SSSR count). The molecule has 23 heavy (non-hydrogen) atoms. The standard InChI is InChI=1S/C18H23FO3S/c1-2-3-4-5-9-16(19)13-15-12-11-14-8-6-7-10-17(14)18(15)23(20,21)22/h6-8,10-12,16H,2-5,9,13H2,1H3,(H,20,21,22)/p-1. The third-order valence-corrected chi connectivity index (χ3v) is 5.01. The second kappa shape index (κ2) is 7.88. The highest BCUT2D eigenvalue weighted by Gasteiger charge is 2.17. The Balaban J connectivity index is 2.26. The third-order valence-electron chi connectivity index (χ3n) is 4.02. The smallest absolute Gasteiger partial charge is 0.125 e. The van der Waals surface area contributed by atoms with Crippen LogP contribution >= 0.6 is 0 Å². The van der Waals surface area contributed by atoms with Crippen LogP contribution < -0.4 is 0 Å². The molecule has 0 amide bonds. The number of unbranched alkanes of at least 4 members (excludes halogenated alkanes) is 3. The van der Waals surface area contributed by atoms with E-state index in [0.29, 0.717) is 17.2 Å². The van der Waals surface area contributed by atoms with Crippen molar-refractivity contribution in [3.63, 3.8) is 0 Å². The first-order chi connectivity index (χ1) is 10.9. The summed E-state index contributed by atoms with van der Waals surface area (Å²) in [4.78, 5) is -0.271. The number of halogens is 1.